The van der Waals surface area contributed by atoms with Crippen molar-refractivity contribution in [3.05, 3.63) is 100 Å². The molecule has 4 heteroatoms. The first-order valence-electron chi connectivity index (χ1n) is 7.95. The molecule has 1 atom stereocenters. The largest absolute Gasteiger partial charge is 0.384 e. The van der Waals surface area contributed by atoms with Crippen LogP contribution in [0, 0.1) is 6.92 Å². The summed E-state index contributed by atoms with van der Waals surface area (Å²) in [5.74, 6) is -0.220. The van der Waals surface area contributed by atoms with E-state index in [4.69, 9.17) is 11.6 Å². The van der Waals surface area contributed by atoms with Crippen molar-refractivity contribution in [1.82, 2.24) is 0 Å². The van der Waals surface area contributed by atoms with Crippen LogP contribution in [0.5, 0.6) is 0 Å². The third-order valence-corrected chi connectivity index (χ3v) is 4.30. The van der Waals surface area contributed by atoms with Crippen molar-refractivity contribution in [3.63, 3.8) is 0 Å². The van der Waals surface area contributed by atoms with Crippen LogP contribution in [0.25, 0.3) is 0 Å². The lowest BCUT2D eigenvalue weighted by atomic mass is 9.99. The van der Waals surface area contributed by atoms with Gasteiger partial charge in [0.05, 0.1) is 0 Å². The molecule has 2 N–H and O–H groups in total. The maximum atomic E-state index is 12.6. The summed E-state index contributed by atoms with van der Waals surface area (Å²) in [6, 6.07) is 21.7. The van der Waals surface area contributed by atoms with Crippen LogP contribution in [-0.2, 0) is 0 Å². The predicted molar refractivity (Wildman–Crippen MR) is 101 cm³/mol. The van der Waals surface area contributed by atoms with Gasteiger partial charge in [-0.2, -0.15) is 0 Å². The van der Waals surface area contributed by atoms with Crippen molar-refractivity contribution in [2.45, 2.75) is 13.0 Å². The minimum atomic E-state index is -0.882. The Morgan fingerprint density at radius 2 is 1.68 bits per heavy atom. The average Bonchev–Trinajstić information content (AvgIpc) is 2.63. The highest BCUT2D eigenvalue weighted by Gasteiger charge is 2.17. The fourth-order valence-electron chi connectivity index (χ4n) is 2.71. The van der Waals surface area contributed by atoms with Crippen LogP contribution >= 0.6 is 11.6 Å². The van der Waals surface area contributed by atoms with Crippen molar-refractivity contribution in [3.8, 4) is 0 Å². The van der Waals surface area contributed by atoms with Crippen molar-refractivity contribution < 1.29 is 9.90 Å². The van der Waals surface area contributed by atoms with Gasteiger partial charge in [-0.05, 0) is 42.3 Å². The molecule has 3 rings (SSSR count). The third-order valence-electron chi connectivity index (χ3n) is 4.06. The van der Waals surface area contributed by atoms with Crippen molar-refractivity contribution >= 4 is 23.2 Å². The van der Waals surface area contributed by atoms with Crippen LogP contribution < -0.4 is 5.32 Å². The smallest absolute Gasteiger partial charge is 0.255 e. The number of rotatable bonds is 4. The van der Waals surface area contributed by atoms with Crippen LogP contribution in [0.2, 0.25) is 5.02 Å². The molecule has 3 aromatic carbocycles. The SMILES string of the molecule is Cc1ccccc1C(=O)Nc1ccc(Cl)cc1[C@@H](O)c1ccccc1. The fourth-order valence-corrected chi connectivity index (χ4v) is 2.89. The van der Waals surface area contributed by atoms with Gasteiger partial charge in [-0.1, -0.05) is 60.1 Å². The summed E-state index contributed by atoms with van der Waals surface area (Å²) < 4.78 is 0. The molecular weight excluding hydrogens is 334 g/mol. The van der Waals surface area contributed by atoms with Crippen LogP contribution in [0.1, 0.15) is 33.2 Å². The Kier molecular flexibility index (Phi) is 5.17. The molecule has 0 aliphatic rings. The molecule has 0 bridgehead atoms. The van der Waals surface area contributed by atoms with Crippen LogP contribution in [0.15, 0.2) is 72.8 Å². The molecule has 126 valence electrons. The van der Waals surface area contributed by atoms with E-state index in [-0.39, 0.29) is 5.91 Å². The molecule has 0 unspecified atom stereocenters. The van der Waals surface area contributed by atoms with E-state index in [0.717, 1.165) is 11.1 Å². The maximum absolute atomic E-state index is 12.6. The normalized spacial score (nSPS) is 11.8. The van der Waals surface area contributed by atoms with Crippen LogP contribution in [0.3, 0.4) is 0 Å². The first kappa shape index (κ1) is 17.2. The second kappa shape index (κ2) is 7.51. The molecule has 0 aromatic heterocycles. The van der Waals surface area contributed by atoms with E-state index in [0.29, 0.717) is 21.8 Å². The Hall–Kier alpha value is -2.62. The summed E-state index contributed by atoms with van der Waals surface area (Å²) in [6.45, 7) is 1.89. The van der Waals surface area contributed by atoms with Gasteiger partial charge < -0.3 is 10.4 Å². The Labute approximate surface area is 151 Å². The number of carbonyl (C=O) groups is 1. The third kappa shape index (κ3) is 3.90. The number of nitrogens with one attached hydrogen (secondary N) is 1. The molecule has 25 heavy (non-hydrogen) atoms. The molecule has 0 heterocycles. The number of halogens is 1. The molecule has 0 aliphatic heterocycles. The van der Waals surface area contributed by atoms with E-state index in [9.17, 15) is 9.90 Å². The molecule has 0 saturated carbocycles. The Bertz CT molecular complexity index is 893. The highest BCUT2D eigenvalue weighted by molar-refractivity contribution is 6.30. The number of anilines is 1. The van der Waals surface area contributed by atoms with Gasteiger partial charge in [-0.15, -0.1) is 0 Å². The van der Waals surface area contributed by atoms with Crippen molar-refractivity contribution in [2.75, 3.05) is 5.32 Å². The molecule has 1 amide bonds. The molecule has 3 nitrogen and oxygen atoms in total. The second-order valence-corrected chi connectivity index (χ2v) is 6.25. The number of aryl methyl sites for hydroxylation is 1. The van der Waals surface area contributed by atoms with Gasteiger partial charge >= 0.3 is 0 Å². The second-order valence-electron chi connectivity index (χ2n) is 5.81. The highest BCUT2D eigenvalue weighted by Crippen LogP contribution is 2.31. The number of carbonyl (C=O) groups excluding carboxylic acids is 1. The van der Waals surface area contributed by atoms with Gasteiger partial charge in [0.15, 0.2) is 0 Å². The monoisotopic (exact) mass is 351 g/mol. The molecule has 0 aliphatic carbocycles. The number of hydrogen-bond donors (Lipinski definition) is 2. The Balaban J connectivity index is 1.95. The quantitative estimate of drug-likeness (QED) is 0.696. The fraction of sp³-hybridized carbons (Fsp3) is 0.0952. The number of aliphatic hydroxyl groups is 1. The number of amides is 1. The Morgan fingerprint density at radius 1 is 1.00 bits per heavy atom. The molecular formula is C21H18ClNO2. The summed E-state index contributed by atoms with van der Waals surface area (Å²) in [5, 5.41) is 14.1. The van der Waals surface area contributed by atoms with Gasteiger partial charge in [-0.25, -0.2) is 0 Å². The lowest BCUT2D eigenvalue weighted by Gasteiger charge is -2.17. The van der Waals surface area contributed by atoms with Gasteiger partial charge in [0, 0.05) is 21.8 Å². The van der Waals surface area contributed by atoms with E-state index in [2.05, 4.69) is 5.32 Å². The zero-order chi connectivity index (χ0) is 17.8. The first-order valence-corrected chi connectivity index (χ1v) is 8.33. The summed E-state index contributed by atoms with van der Waals surface area (Å²) in [7, 11) is 0. The van der Waals surface area contributed by atoms with Gasteiger partial charge in [0.1, 0.15) is 6.10 Å². The summed E-state index contributed by atoms with van der Waals surface area (Å²) in [6.07, 6.45) is -0.882. The minimum absolute atomic E-state index is 0.220. The molecule has 0 fully saturated rings. The van der Waals surface area contributed by atoms with E-state index in [1.165, 1.54) is 0 Å². The van der Waals surface area contributed by atoms with Crippen molar-refractivity contribution in [1.29, 1.82) is 0 Å². The number of hydrogen-bond acceptors (Lipinski definition) is 2. The van der Waals surface area contributed by atoms with E-state index < -0.39 is 6.10 Å². The summed E-state index contributed by atoms with van der Waals surface area (Å²) in [5.41, 5.74) is 3.31. The first-order chi connectivity index (χ1) is 12.1. The Morgan fingerprint density at radius 3 is 2.40 bits per heavy atom. The van der Waals surface area contributed by atoms with Crippen molar-refractivity contribution in [2.24, 2.45) is 0 Å². The van der Waals surface area contributed by atoms with E-state index in [1.54, 1.807) is 24.3 Å². The van der Waals surface area contributed by atoms with Crippen LogP contribution in [-0.4, -0.2) is 11.0 Å². The number of aliphatic hydroxyl groups excluding tert-OH is 1. The standard InChI is InChI=1S/C21H18ClNO2/c1-14-7-5-6-10-17(14)21(25)23-19-12-11-16(22)13-18(19)20(24)15-8-3-2-4-9-15/h2-13,20,24H,1H3,(H,23,25)/t20-/m0/s1. The maximum Gasteiger partial charge on any atom is 0.255 e. The molecule has 3 aromatic rings. The lowest BCUT2D eigenvalue weighted by molar-refractivity contribution is 0.102. The van der Waals surface area contributed by atoms with Gasteiger partial charge in [0.25, 0.3) is 5.91 Å². The average molecular weight is 352 g/mol. The molecule has 0 saturated heterocycles. The van der Waals surface area contributed by atoms with Gasteiger partial charge in [-0.3, -0.25) is 4.79 Å². The van der Waals surface area contributed by atoms with Gasteiger partial charge in [0.2, 0.25) is 0 Å². The zero-order valence-electron chi connectivity index (χ0n) is 13.7. The molecule has 0 radical (unpaired) electrons. The van der Waals surface area contributed by atoms with E-state index in [1.807, 2.05) is 55.5 Å². The zero-order valence-corrected chi connectivity index (χ0v) is 14.5. The minimum Gasteiger partial charge on any atom is -0.384 e. The topological polar surface area (TPSA) is 49.3 Å². The lowest BCUT2D eigenvalue weighted by Crippen LogP contribution is -2.15. The van der Waals surface area contributed by atoms with Crippen LogP contribution in [0.4, 0.5) is 5.69 Å². The molecule has 0 spiro atoms. The van der Waals surface area contributed by atoms with E-state index >= 15 is 0 Å². The highest BCUT2D eigenvalue weighted by atomic mass is 35.5. The summed E-state index contributed by atoms with van der Waals surface area (Å²) in [4.78, 5) is 12.6. The number of benzene rings is 3. The summed E-state index contributed by atoms with van der Waals surface area (Å²) >= 11 is 6.10. The predicted octanol–water partition coefficient (Wildman–Crippen LogP) is 4.98.